The highest BCUT2D eigenvalue weighted by atomic mass is 16.5. The van der Waals surface area contributed by atoms with Gasteiger partial charge in [-0.1, -0.05) is 0 Å². The Morgan fingerprint density at radius 2 is 1.96 bits per heavy atom. The largest absolute Gasteiger partial charge is 0.490 e. The number of carbonyl (C=O) groups excluding carboxylic acids is 1. The molecular weight excluding hydrogens is 334 g/mol. The van der Waals surface area contributed by atoms with Crippen LogP contribution in [-0.4, -0.2) is 42.1 Å². The summed E-state index contributed by atoms with van der Waals surface area (Å²) in [6.07, 6.45) is 5.41. The van der Waals surface area contributed by atoms with Crippen molar-refractivity contribution in [1.82, 2.24) is 9.78 Å². The number of nitrogens with zero attached hydrogens (tertiary/aromatic N) is 2. The number of aromatic nitrogens is 2. The molecule has 1 amide bonds. The molecule has 0 aliphatic carbocycles. The first-order chi connectivity index (χ1) is 12.7. The molecule has 1 fully saturated rings. The molecule has 140 valence electrons. The maximum atomic E-state index is 12.6. The van der Waals surface area contributed by atoms with Gasteiger partial charge in [0.15, 0.2) is 11.5 Å². The molecule has 1 N–H and O–H groups in total. The predicted molar refractivity (Wildman–Crippen MR) is 98.1 cm³/mol. The quantitative estimate of drug-likeness (QED) is 0.821. The summed E-state index contributed by atoms with van der Waals surface area (Å²) < 4.78 is 18.4. The van der Waals surface area contributed by atoms with E-state index in [0.29, 0.717) is 42.0 Å². The molecule has 0 atom stereocenters. The van der Waals surface area contributed by atoms with Crippen LogP contribution < -0.4 is 14.8 Å². The van der Waals surface area contributed by atoms with E-state index in [1.54, 1.807) is 24.4 Å². The summed E-state index contributed by atoms with van der Waals surface area (Å²) >= 11 is 0. The van der Waals surface area contributed by atoms with Gasteiger partial charge in [0.1, 0.15) is 0 Å². The third-order valence-corrected chi connectivity index (χ3v) is 4.23. The molecule has 1 saturated heterocycles. The Morgan fingerprint density at radius 3 is 2.69 bits per heavy atom. The van der Waals surface area contributed by atoms with Gasteiger partial charge in [-0.2, -0.15) is 5.10 Å². The first-order valence-corrected chi connectivity index (χ1v) is 9.04. The summed E-state index contributed by atoms with van der Waals surface area (Å²) in [4.78, 5) is 12.6. The Labute approximate surface area is 153 Å². The molecule has 1 aromatic heterocycles. The van der Waals surface area contributed by atoms with Gasteiger partial charge < -0.3 is 19.5 Å². The Bertz CT molecular complexity index is 738. The van der Waals surface area contributed by atoms with Crippen molar-refractivity contribution in [3.05, 3.63) is 36.2 Å². The van der Waals surface area contributed by atoms with Crippen LogP contribution in [0.2, 0.25) is 0 Å². The van der Waals surface area contributed by atoms with E-state index in [-0.39, 0.29) is 5.91 Å². The number of rotatable bonds is 7. The summed E-state index contributed by atoms with van der Waals surface area (Å²) in [5, 5.41) is 7.26. The second-order valence-electron chi connectivity index (χ2n) is 6.03. The van der Waals surface area contributed by atoms with Gasteiger partial charge in [0.25, 0.3) is 5.91 Å². The predicted octanol–water partition coefficient (Wildman–Crippen LogP) is 3.28. The molecule has 0 saturated carbocycles. The van der Waals surface area contributed by atoms with Crippen LogP contribution >= 0.6 is 0 Å². The van der Waals surface area contributed by atoms with E-state index in [9.17, 15) is 4.79 Å². The minimum atomic E-state index is -0.208. The molecule has 7 nitrogen and oxygen atoms in total. The van der Waals surface area contributed by atoms with Gasteiger partial charge in [-0.15, -0.1) is 0 Å². The van der Waals surface area contributed by atoms with Crippen LogP contribution in [0.3, 0.4) is 0 Å². The zero-order chi connectivity index (χ0) is 18.4. The van der Waals surface area contributed by atoms with Crippen molar-refractivity contribution < 1.29 is 19.0 Å². The number of ether oxygens (including phenoxy) is 3. The maximum absolute atomic E-state index is 12.6. The second-order valence-corrected chi connectivity index (χ2v) is 6.03. The number of nitrogens with one attached hydrogen (secondary N) is 1. The minimum absolute atomic E-state index is 0.208. The van der Waals surface area contributed by atoms with Gasteiger partial charge in [-0.3, -0.25) is 9.48 Å². The molecule has 0 radical (unpaired) electrons. The smallest absolute Gasteiger partial charge is 0.255 e. The number of hydrogen-bond donors (Lipinski definition) is 1. The monoisotopic (exact) mass is 359 g/mol. The average molecular weight is 359 g/mol. The van der Waals surface area contributed by atoms with Crippen molar-refractivity contribution in [2.45, 2.75) is 32.7 Å². The van der Waals surface area contributed by atoms with Crippen LogP contribution in [0, 0.1) is 0 Å². The second kappa shape index (κ2) is 8.71. The third-order valence-electron chi connectivity index (χ3n) is 4.23. The molecule has 2 aromatic rings. The Kier molecular flexibility index (Phi) is 6.12. The van der Waals surface area contributed by atoms with Crippen molar-refractivity contribution >= 4 is 11.6 Å². The number of anilines is 1. The van der Waals surface area contributed by atoms with E-state index in [0.717, 1.165) is 26.1 Å². The average Bonchev–Trinajstić information content (AvgIpc) is 3.13. The van der Waals surface area contributed by atoms with Gasteiger partial charge in [-0.05, 0) is 44.9 Å². The number of benzene rings is 1. The van der Waals surface area contributed by atoms with Crippen LogP contribution in [0.25, 0.3) is 0 Å². The summed E-state index contributed by atoms with van der Waals surface area (Å²) in [5.41, 5.74) is 1.18. The molecule has 0 unspecified atom stereocenters. The van der Waals surface area contributed by atoms with E-state index < -0.39 is 0 Å². The van der Waals surface area contributed by atoms with Crippen LogP contribution in [0.5, 0.6) is 11.5 Å². The minimum Gasteiger partial charge on any atom is -0.490 e. The number of amides is 1. The molecule has 0 spiro atoms. The molecular formula is C19H25N3O4. The van der Waals surface area contributed by atoms with Crippen molar-refractivity contribution in [2.24, 2.45) is 0 Å². The van der Waals surface area contributed by atoms with Crippen LogP contribution in [0.4, 0.5) is 5.69 Å². The fraction of sp³-hybridized carbons (Fsp3) is 0.474. The lowest BCUT2D eigenvalue weighted by atomic mass is 10.1. The summed E-state index contributed by atoms with van der Waals surface area (Å²) in [7, 11) is 0. The maximum Gasteiger partial charge on any atom is 0.255 e. The first kappa shape index (κ1) is 18.3. The fourth-order valence-electron chi connectivity index (χ4n) is 2.95. The van der Waals surface area contributed by atoms with Crippen molar-refractivity contribution in [1.29, 1.82) is 0 Å². The van der Waals surface area contributed by atoms with Crippen molar-refractivity contribution in [2.75, 3.05) is 31.7 Å². The normalized spacial score (nSPS) is 14.8. The zero-order valence-electron chi connectivity index (χ0n) is 15.2. The van der Waals surface area contributed by atoms with E-state index in [1.807, 2.05) is 24.7 Å². The lowest BCUT2D eigenvalue weighted by Crippen LogP contribution is -2.19. The fourth-order valence-corrected chi connectivity index (χ4v) is 2.95. The van der Waals surface area contributed by atoms with Crippen LogP contribution in [0.1, 0.15) is 43.1 Å². The van der Waals surface area contributed by atoms with Gasteiger partial charge in [0.05, 0.1) is 31.1 Å². The van der Waals surface area contributed by atoms with E-state index in [4.69, 9.17) is 14.2 Å². The summed E-state index contributed by atoms with van der Waals surface area (Å²) in [6.45, 7) is 6.34. The lowest BCUT2D eigenvalue weighted by molar-refractivity contribution is 0.0662. The Morgan fingerprint density at radius 1 is 1.23 bits per heavy atom. The van der Waals surface area contributed by atoms with E-state index >= 15 is 0 Å². The Balaban J connectivity index is 1.69. The van der Waals surface area contributed by atoms with Gasteiger partial charge >= 0.3 is 0 Å². The zero-order valence-corrected chi connectivity index (χ0v) is 15.2. The highest BCUT2D eigenvalue weighted by Gasteiger charge is 2.17. The topological polar surface area (TPSA) is 74.6 Å². The number of carbonyl (C=O) groups is 1. The highest BCUT2D eigenvalue weighted by Crippen LogP contribution is 2.29. The van der Waals surface area contributed by atoms with Gasteiger partial charge in [0.2, 0.25) is 0 Å². The van der Waals surface area contributed by atoms with E-state index in [2.05, 4.69) is 10.4 Å². The number of hydrogen-bond acceptors (Lipinski definition) is 5. The van der Waals surface area contributed by atoms with Gasteiger partial charge in [-0.25, -0.2) is 0 Å². The standard InChI is InChI=1S/C19H25N3O4/c1-3-25-17-6-5-14(11-18(17)26-4-2)19(23)21-15-12-20-22(13-15)16-7-9-24-10-8-16/h5-6,11-13,16H,3-4,7-10H2,1-2H3,(H,21,23). The lowest BCUT2D eigenvalue weighted by Gasteiger charge is -2.22. The van der Waals surface area contributed by atoms with Gasteiger partial charge in [0, 0.05) is 25.0 Å². The summed E-state index contributed by atoms with van der Waals surface area (Å²) in [5.74, 6) is 0.999. The molecule has 7 heteroatoms. The molecule has 1 aromatic carbocycles. The van der Waals surface area contributed by atoms with E-state index in [1.165, 1.54) is 0 Å². The van der Waals surface area contributed by atoms with Crippen LogP contribution in [0.15, 0.2) is 30.6 Å². The Hall–Kier alpha value is -2.54. The molecule has 1 aliphatic rings. The van der Waals surface area contributed by atoms with Crippen molar-refractivity contribution in [3.8, 4) is 11.5 Å². The highest BCUT2D eigenvalue weighted by molar-refractivity contribution is 6.04. The molecule has 2 heterocycles. The SMILES string of the molecule is CCOc1ccc(C(=O)Nc2cnn(C3CCOCC3)c2)cc1OCC. The molecule has 26 heavy (non-hydrogen) atoms. The molecule has 1 aliphatic heterocycles. The first-order valence-electron chi connectivity index (χ1n) is 9.04. The molecule has 0 bridgehead atoms. The van der Waals surface area contributed by atoms with Crippen LogP contribution in [-0.2, 0) is 4.74 Å². The summed E-state index contributed by atoms with van der Waals surface area (Å²) in [6, 6.07) is 5.51. The third kappa shape index (κ3) is 4.35. The van der Waals surface area contributed by atoms with Crippen molar-refractivity contribution in [3.63, 3.8) is 0 Å². The molecule has 3 rings (SSSR count).